The van der Waals surface area contributed by atoms with E-state index in [1.807, 2.05) is 0 Å². The molecule has 0 aromatic heterocycles. The Balaban J connectivity index is 4.19. The lowest BCUT2D eigenvalue weighted by Gasteiger charge is -2.18. The fourth-order valence-corrected chi connectivity index (χ4v) is 1.21. The minimum absolute atomic E-state index is 0.395. The van der Waals surface area contributed by atoms with Crippen molar-refractivity contribution in [3.05, 3.63) is 11.6 Å². The quantitative estimate of drug-likeness (QED) is 0.435. The Labute approximate surface area is 70.2 Å². The lowest BCUT2D eigenvalue weighted by Crippen LogP contribution is -2.15. The molecule has 64 valence electrons. The van der Waals surface area contributed by atoms with Crippen molar-refractivity contribution in [1.82, 2.24) is 0 Å². The minimum atomic E-state index is 0.395. The van der Waals surface area contributed by atoms with E-state index in [0.29, 0.717) is 12.0 Å². The van der Waals surface area contributed by atoms with Gasteiger partial charge in [-0.25, -0.2) is 0 Å². The lowest BCUT2D eigenvalue weighted by atomic mass is 9.93. The zero-order valence-corrected chi connectivity index (χ0v) is 8.09. The maximum Gasteiger partial charge on any atom is 0.0552 e. The average molecular weight is 153 g/mol. The predicted octanol–water partition coefficient (Wildman–Crippen LogP) is 3.07. The van der Waals surface area contributed by atoms with Crippen LogP contribution in [0.4, 0.5) is 0 Å². The topological polar surface area (TPSA) is 12.4 Å². The maximum atomic E-state index is 4.08. The number of aliphatic imine (C=N–C) groups is 1. The van der Waals surface area contributed by atoms with E-state index >= 15 is 0 Å². The van der Waals surface area contributed by atoms with Crippen molar-refractivity contribution in [2.45, 2.75) is 40.2 Å². The monoisotopic (exact) mass is 153 g/mol. The number of nitrogens with zero attached hydrogens (tertiary/aromatic N) is 1. The Bertz CT molecular complexity index is 147. The Kier molecular flexibility index (Phi) is 4.84. The van der Waals surface area contributed by atoms with E-state index in [-0.39, 0.29) is 0 Å². The van der Waals surface area contributed by atoms with Crippen LogP contribution in [0, 0.1) is 5.92 Å². The van der Waals surface area contributed by atoms with Gasteiger partial charge < -0.3 is 0 Å². The third kappa shape index (κ3) is 2.87. The van der Waals surface area contributed by atoms with E-state index < -0.39 is 0 Å². The second kappa shape index (κ2) is 5.11. The van der Waals surface area contributed by atoms with Crippen LogP contribution in [0.1, 0.15) is 34.1 Å². The van der Waals surface area contributed by atoms with Crippen molar-refractivity contribution >= 4 is 6.72 Å². The highest BCUT2D eigenvalue weighted by Gasteiger charge is 2.13. The molecule has 0 unspecified atom stereocenters. The number of hydrogen-bond acceptors (Lipinski definition) is 1. The van der Waals surface area contributed by atoms with Crippen molar-refractivity contribution in [2.24, 2.45) is 10.9 Å². The highest BCUT2D eigenvalue weighted by molar-refractivity contribution is 5.25. The molecule has 0 aliphatic carbocycles. The highest BCUT2D eigenvalue weighted by Crippen LogP contribution is 2.18. The molecule has 0 N–H and O–H groups in total. The molecule has 1 heteroatoms. The summed E-state index contributed by atoms with van der Waals surface area (Å²) in [5.74, 6) is 0.544. The molecule has 0 aromatic carbocycles. The molecular formula is C10H19N. The lowest BCUT2D eigenvalue weighted by molar-refractivity contribution is 0.506. The van der Waals surface area contributed by atoms with Crippen LogP contribution >= 0.6 is 0 Å². The van der Waals surface area contributed by atoms with E-state index in [1.54, 1.807) is 0 Å². The van der Waals surface area contributed by atoms with Gasteiger partial charge in [0.1, 0.15) is 0 Å². The summed E-state index contributed by atoms with van der Waals surface area (Å²) in [5.41, 5.74) is 1.41. The molecule has 0 spiro atoms. The van der Waals surface area contributed by atoms with Gasteiger partial charge >= 0.3 is 0 Å². The van der Waals surface area contributed by atoms with Gasteiger partial charge in [0.15, 0.2) is 0 Å². The molecule has 0 aromatic rings. The number of rotatable bonds is 4. The van der Waals surface area contributed by atoms with Crippen LogP contribution in [0.5, 0.6) is 0 Å². The van der Waals surface area contributed by atoms with E-state index in [4.69, 9.17) is 0 Å². The van der Waals surface area contributed by atoms with Gasteiger partial charge in [-0.15, -0.1) is 0 Å². The van der Waals surface area contributed by atoms with Crippen LogP contribution in [0.25, 0.3) is 0 Å². The Hall–Kier alpha value is -0.590. The van der Waals surface area contributed by atoms with Gasteiger partial charge in [-0.3, -0.25) is 4.99 Å². The highest BCUT2D eigenvalue weighted by atomic mass is 14.8. The van der Waals surface area contributed by atoms with Crippen molar-refractivity contribution in [2.75, 3.05) is 0 Å². The number of allylic oxidation sites excluding steroid dienone is 1. The Morgan fingerprint density at radius 2 is 2.18 bits per heavy atom. The second-order valence-electron chi connectivity index (χ2n) is 2.98. The van der Waals surface area contributed by atoms with E-state index in [1.165, 1.54) is 5.57 Å². The molecule has 0 fully saturated rings. The van der Waals surface area contributed by atoms with Gasteiger partial charge in [0.2, 0.25) is 0 Å². The van der Waals surface area contributed by atoms with Crippen molar-refractivity contribution in [3.63, 3.8) is 0 Å². The maximum absolute atomic E-state index is 4.08. The normalized spacial score (nSPS) is 17.6. The van der Waals surface area contributed by atoms with Gasteiger partial charge in [-0.1, -0.05) is 25.5 Å². The first-order valence-corrected chi connectivity index (χ1v) is 4.26. The van der Waals surface area contributed by atoms with E-state index in [0.717, 1.165) is 6.42 Å². The molecular weight excluding hydrogens is 134 g/mol. The standard InChI is InChI=1S/C10H19N/c1-6-8(3)9(4)10(7-2)11-5/h6,9-10H,5,7H2,1-4H3/b8-6+/t9-,10-/m0/s1. The fraction of sp³-hybridized carbons (Fsp3) is 0.700. The second-order valence-corrected chi connectivity index (χ2v) is 2.98. The van der Waals surface area contributed by atoms with Crippen molar-refractivity contribution in [1.29, 1.82) is 0 Å². The molecule has 0 heterocycles. The summed E-state index contributed by atoms with van der Waals surface area (Å²) in [4.78, 5) is 4.08. The van der Waals surface area contributed by atoms with Gasteiger partial charge in [-0.2, -0.15) is 0 Å². The van der Waals surface area contributed by atoms with Crippen LogP contribution in [-0.2, 0) is 0 Å². The average Bonchev–Trinajstić information content (AvgIpc) is 2.05. The summed E-state index contributed by atoms with van der Waals surface area (Å²) in [5, 5.41) is 0. The first-order chi connectivity index (χ1) is 5.17. The van der Waals surface area contributed by atoms with Gasteiger partial charge in [0.25, 0.3) is 0 Å². The number of hydrogen-bond donors (Lipinski definition) is 0. The summed E-state index contributed by atoms with van der Waals surface area (Å²) in [6.45, 7) is 12.2. The van der Waals surface area contributed by atoms with Crippen molar-refractivity contribution in [3.8, 4) is 0 Å². The molecule has 2 atom stereocenters. The van der Waals surface area contributed by atoms with E-state index in [2.05, 4.69) is 45.5 Å². The first kappa shape index (κ1) is 10.4. The van der Waals surface area contributed by atoms with Crippen LogP contribution in [0.3, 0.4) is 0 Å². The van der Waals surface area contributed by atoms with Crippen LogP contribution in [0.2, 0.25) is 0 Å². The third-order valence-corrected chi connectivity index (χ3v) is 2.40. The minimum Gasteiger partial charge on any atom is -0.297 e. The van der Waals surface area contributed by atoms with Gasteiger partial charge in [0.05, 0.1) is 6.04 Å². The molecule has 0 aliphatic rings. The molecule has 1 nitrogen and oxygen atoms in total. The summed E-state index contributed by atoms with van der Waals surface area (Å²) in [6.07, 6.45) is 3.23. The Morgan fingerprint density at radius 3 is 2.45 bits per heavy atom. The first-order valence-electron chi connectivity index (χ1n) is 4.26. The van der Waals surface area contributed by atoms with Gasteiger partial charge in [0, 0.05) is 0 Å². The molecule has 0 radical (unpaired) electrons. The summed E-state index contributed by atoms with van der Waals surface area (Å²) >= 11 is 0. The van der Waals surface area contributed by atoms with Crippen molar-refractivity contribution < 1.29 is 0 Å². The summed E-state index contributed by atoms with van der Waals surface area (Å²) in [6, 6.07) is 0.395. The molecule has 0 saturated heterocycles. The summed E-state index contributed by atoms with van der Waals surface area (Å²) in [7, 11) is 0. The zero-order chi connectivity index (χ0) is 8.85. The molecule has 0 aliphatic heterocycles. The fourth-order valence-electron chi connectivity index (χ4n) is 1.21. The third-order valence-electron chi connectivity index (χ3n) is 2.40. The zero-order valence-electron chi connectivity index (χ0n) is 8.09. The van der Waals surface area contributed by atoms with E-state index in [9.17, 15) is 0 Å². The molecule has 0 bridgehead atoms. The largest absolute Gasteiger partial charge is 0.297 e. The molecule has 0 rings (SSSR count). The predicted molar refractivity (Wildman–Crippen MR) is 52.2 cm³/mol. The van der Waals surface area contributed by atoms with Crippen LogP contribution in [0.15, 0.2) is 16.6 Å². The molecule has 11 heavy (non-hydrogen) atoms. The van der Waals surface area contributed by atoms with Crippen LogP contribution < -0.4 is 0 Å². The Morgan fingerprint density at radius 1 is 1.64 bits per heavy atom. The SMILES string of the molecule is C=N[C@@H](CC)[C@@H](C)/C(C)=C/C. The summed E-state index contributed by atoms with van der Waals surface area (Å²) < 4.78 is 0. The van der Waals surface area contributed by atoms with Gasteiger partial charge in [-0.05, 0) is 32.9 Å². The molecule has 0 saturated carbocycles. The van der Waals surface area contributed by atoms with Crippen LogP contribution in [-0.4, -0.2) is 12.8 Å². The smallest absolute Gasteiger partial charge is 0.0552 e. The molecule has 0 amide bonds.